The number of carbonyl (C=O) groups excluding carboxylic acids is 1. The molecule has 0 saturated carbocycles. The molecule has 0 saturated heterocycles. The summed E-state index contributed by atoms with van der Waals surface area (Å²) < 4.78 is 39.4. The minimum absolute atomic E-state index is 0.00476. The second-order valence-electron chi connectivity index (χ2n) is 2.93. The topological polar surface area (TPSA) is 47.8 Å². The summed E-state index contributed by atoms with van der Waals surface area (Å²) in [5, 5.41) is 6.85. The Bertz CT molecular complexity index is 530. The molecule has 2 aromatic rings. The quantitative estimate of drug-likeness (QED) is 0.577. The van der Waals surface area contributed by atoms with Crippen LogP contribution in [0.5, 0.6) is 0 Å². The first-order valence-electron chi connectivity index (χ1n) is 4.14. The number of hydrogen-bond acceptors (Lipinski definition) is 3. The van der Waals surface area contributed by atoms with Gasteiger partial charge < -0.3 is 0 Å². The van der Waals surface area contributed by atoms with Crippen molar-refractivity contribution in [1.29, 1.82) is 0 Å². The van der Waals surface area contributed by atoms with Gasteiger partial charge in [0.25, 0.3) is 0 Å². The first kappa shape index (κ1) is 10.3. The standard InChI is InChI=1S/C9H4F3N3O/c10-7-1-6(2-8(11)9(7)12)15-3-5(4-16)13-14-15/h1-4H. The molecule has 2 rings (SSSR count). The molecule has 0 aliphatic rings. The maximum absolute atomic E-state index is 12.9. The van der Waals surface area contributed by atoms with E-state index in [1.165, 1.54) is 6.20 Å². The third-order valence-electron chi connectivity index (χ3n) is 1.86. The van der Waals surface area contributed by atoms with E-state index in [9.17, 15) is 18.0 Å². The highest BCUT2D eigenvalue weighted by molar-refractivity contribution is 5.70. The molecule has 7 heteroatoms. The van der Waals surface area contributed by atoms with Crippen LogP contribution in [0.4, 0.5) is 13.2 Å². The van der Waals surface area contributed by atoms with Crippen molar-refractivity contribution in [2.24, 2.45) is 0 Å². The van der Waals surface area contributed by atoms with Crippen LogP contribution >= 0.6 is 0 Å². The fraction of sp³-hybridized carbons (Fsp3) is 0. The number of carbonyl (C=O) groups is 1. The summed E-state index contributed by atoms with van der Waals surface area (Å²) >= 11 is 0. The van der Waals surface area contributed by atoms with Crippen molar-refractivity contribution in [2.45, 2.75) is 0 Å². The molecule has 4 nitrogen and oxygen atoms in total. The van der Waals surface area contributed by atoms with E-state index in [4.69, 9.17) is 0 Å². The van der Waals surface area contributed by atoms with Gasteiger partial charge in [-0.1, -0.05) is 5.21 Å². The van der Waals surface area contributed by atoms with Crippen molar-refractivity contribution >= 4 is 6.29 Å². The number of aldehydes is 1. The van der Waals surface area contributed by atoms with Crippen LogP contribution in [0.1, 0.15) is 10.5 Å². The van der Waals surface area contributed by atoms with Crippen molar-refractivity contribution in [3.05, 3.63) is 41.5 Å². The molecule has 1 heterocycles. The second-order valence-corrected chi connectivity index (χ2v) is 2.93. The Morgan fingerprint density at radius 2 is 1.81 bits per heavy atom. The average molecular weight is 227 g/mol. The lowest BCUT2D eigenvalue weighted by Crippen LogP contribution is -1.99. The number of rotatable bonds is 2. The predicted molar refractivity (Wildman–Crippen MR) is 46.6 cm³/mol. The summed E-state index contributed by atoms with van der Waals surface area (Å²) in [5.74, 6) is -4.23. The first-order chi connectivity index (χ1) is 7.61. The monoisotopic (exact) mass is 227 g/mol. The second kappa shape index (κ2) is 3.76. The Morgan fingerprint density at radius 1 is 1.19 bits per heavy atom. The Balaban J connectivity index is 2.52. The highest BCUT2D eigenvalue weighted by atomic mass is 19.2. The SMILES string of the molecule is O=Cc1cn(-c2cc(F)c(F)c(F)c2)nn1. The van der Waals surface area contributed by atoms with E-state index >= 15 is 0 Å². The van der Waals surface area contributed by atoms with Crippen LogP contribution in [0, 0.1) is 17.5 Å². The number of benzene rings is 1. The van der Waals surface area contributed by atoms with E-state index in [-0.39, 0.29) is 11.4 Å². The van der Waals surface area contributed by atoms with E-state index < -0.39 is 17.5 Å². The van der Waals surface area contributed by atoms with Crippen molar-refractivity contribution < 1.29 is 18.0 Å². The van der Waals surface area contributed by atoms with Gasteiger partial charge in [-0.2, -0.15) is 0 Å². The number of hydrogen-bond donors (Lipinski definition) is 0. The summed E-state index contributed by atoms with van der Waals surface area (Å²) in [6.45, 7) is 0. The highest BCUT2D eigenvalue weighted by Gasteiger charge is 2.12. The average Bonchev–Trinajstić information content (AvgIpc) is 2.73. The minimum atomic E-state index is -1.56. The molecule has 0 amide bonds. The summed E-state index contributed by atoms with van der Waals surface area (Å²) in [6.07, 6.45) is 1.60. The van der Waals surface area contributed by atoms with Crippen molar-refractivity contribution in [2.75, 3.05) is 0 Å². The molecule has 16 heavy (non-hydrogen) atoms. The fourth-order valence-corrected chi connectivity index (χ4v) is 1.13. The molecular formula is C9H4F3N3O. The predicted octanol–water partition coefficient (Wildman–Crippen LogP) is 1.50. The molecule has 0 atom stereocenters. The maximum Gasteiger partial charge on any atom is 0.194 e. The molecule has 1 aromatic carbocycles. The molecule has 0 spiro atoms. The Hall–Kier alpha value is -2.18. The summed E-state index contributed by atoms with van der Waals surface area (Å²) in [6, 6.07) is 1.50. The largest absolute Gasteiger partial charge is 0.296 e. The van der Waals surface area contributed by atoms with Crippen LogP contribution < -0.4 is 0 Å². The van der Waals surface area contributed by atoms with Crippen molar-refractivity contribution in [3.8, 4) is 5.69 Å². The van der Waals surface area contributed by atoms with Gasteiger partial charge in [-0.25, -0.2) is 17.9 Å². The lowest BCUT2D eigenvalue weighted by Gasteiger charge is -2.01. The molecule has 0 radical (unpaired) electrons. The molecule has 0 bridgehead atoms. The Kier molecular flexibility index (Phi) is 2.43. The third kappa shape index (κ3) is 1.67. The van der Waals surface area contributed by atoms with E-state index in [0.29, 0.717) is 6.29 Å². The minimum Gasteiger partial charge on any atom is -0.296 e. The molecule has 0 aliphatic carbocycles. The van der Waals surface area contributed by atoms with Crippen LogP contribution in [-0.4, -0.2) is 21.3 Å². The van der Waals surface area contributed by atoms with Crippen LogP contribution in [0.3, 0.4) is 0 Å². The molecule has 0 fully saturated rings. The van der Waals surface area contributed by atoms with Gasteiger partial charge in [0, 0.05) is 12.1 Å². The van der Waals surface area contributed by atoms with Gasteiger partial charge in [-0.3, -0.25) is 4.79 Å². The fourth-order valence-electron chi connectivity index (χ4n) is 1.13. The van der Waals surface area contributed by atoms with Crippen LogP contribution in [-0.2, 0) is 0 Å². The van der Waals surface area contributed by atoms with Gasteiger partial charge in [0.15, 0.2) is 23.7 Å². The van der Waals surface area contributed by atoms with E-state index in [1.807, 2.05) is 0 Å². The maximum atomic E-state index is 12.9. The zero-order chi connectivity index (χ0) is 11.7. The van der Waals surface area contributed by atoms with Gasteiger partial charge in [-0.15, -0.1) is 5.10 Å². The van der Waals surface area contributed by atoms with Gasteiger partial charge in [-0.05, 0) is 0 Å². The first-order valence-corrected chi connectivity index (χ1v) is 4.14. The summed E-state index contributed by atoms with van der Waals surface area (Å²) in [7, 11) is 0. The molecule has 0 N–H and O–H groups in total. The van der Waals surface area contributed by atoms with E-state index in [0.717, 1.165) is 16.8 Å². The third-order valence-corrected chi connectivity index (χ3v) is 1.86. The molecule has 82 valence electrons. The Labute approximate surface area is 87.3 Å². The highest BCUT2D eigenvalue weighted by Crippen LogP contribution is 2.16. The van der Waals surface area contributed by atoms with Crippen LogP contribution in [0.15, 0.2) is 18.3 Å². The van der Waals surface area contributed by atoms with Gasteiger partial charge in [0.1, 0.15) is 5.69 Å². The van der Waals surface area contributed by atoms with E-state index in [2.05, 4.69) is 10.3 Å². The number of nitrogens with zero attached hydrogens (tertiary/aromatic N) is 3. The normalized spacial score (nSPS) is 10.4. The number of aromatic nitrogens is 3. The number of halogens is 3. The van der Waals surface area contributed by atoms with E-state index in [1.54, 1.807) is 0 Å². The zero-order valence-corrected chi connectivity index (χ0v) is 7.69. The molecule has 0 unspecified atom stereocenters. The molecule has 1 aromatic heterocycles. The molecule has 0 aliphatic heterocycles. The summed E-state index contributed by atoms with van der Waals surface area (Å²) in [5.41, 5.74) is -0.0536. The van der Waals surface area contributed by atoms with Crippen molar-refractivity contribution in [3.63, 3.8) is 0 Å². The zero-order valence-electron chi connectivity index (χ0n) is 7.69. The summed E-state index contributed by atoms with van der Waals surface area (Å²) in [4.78, 5) is 10.3. The van der Waals surface area contributed by atoms with Gasteiger partial charge >= 0.3 is 0 Å². The lowest BCUT2D eigenvalue weighted by molar-refractivity contribution is 0.111. The van der Waals surface area contributed by atoms with Crippen LogP contribution in [0.25, 0.3) is 5.69 Å². The molecular weight excluding hydrogens is 223 g/mol. The van der Waals surface area contributed by atoms with Crippen LogP contribution in [0.2, 0.25) is 0 Å². The van der Waals surface area contributed by atoms with Crippen molar-refractivity contribution in [1.82, 2.24) is 15.0 Å². The van der Waals surface area contributed by atoms with Gasteiger partial charge in [0.05, 0.1) is 11.9 Å². The smallest absolute Gasteiger partial charge is 0.194 e. The lowest BCUT2D eigenvalue weighted by atomic mass is 10.3. The van der Waals surface area contributed by atoms with Gasteiger partial charge in [0.2, 0.25) is 0 Å². The Morgan fingerprint density at radius 3 is 2.31 bits per heavy atom.